The Kier molecular flexibility index (Phi) is 7.48. The molecule has 3 aromatic carbocycles. The Morgan fingerprint density at radius 1 is 1.06 bits per heavy atom. The molecule has 1 heterocycles. The second kappa shape index (κ2) is 11.3. The Labute approximate surface area is 212 Å². The summed E-state index contributed by atoms with van der Waals surface area (Å²) < 4.78 is 10.8. The van der Waals surface area contributed by atoms with Crippen LogP contribution in [0, 0.1) is 0 Å². The third-order valence-electron chi connectivity index (χ3n) is 7.00. The zero-order valence-electron chi connectivity index (χ0n) is 20.7. The fourth-order valence-corrected chi connectivity index (χ4v) is 5.15. The van der Waals surface area contributed by atoms with E-state index < -0.39 is 0 Å². The number of carbonyl (C=O) groups is 1. The smallest absolute Gasteiger partial charge is 0.330 e. The van der Waals surface area contributed by atoms with E-state index in [0.717, 1.165) is 43.7 Å². The molecule has 0 radical (unpaired) electrons. The number of rotatable bonds is 10. The molecule has 36 heavy (non-hydrogen) atoms. The first-order chi connectivity index (χ1) is 17.7. The standard InChI is InChI=1S/C31H32N2O3/c1-35-31(34)16-12-23-11-14-28-24(21-23)13-15-30(28)33(19-20-36-26-7-3-2-4-8-26)18-17-25-22-32-29-10-6-5-9-27(25)29/h2-12,14,16,21-22,30,32H,13,15,17-20H2,1H3. The highest BCUT2D eigenvalue weighted by molar-refractivity contribution is 5.87. The average molecular weight is 481 g/mol. The Bertz CT molecular complexity index is 1340. The number of carbonyl (C=O) groups excluding carboxylic acids is 1. The molecule has 1 aromatic heterocycles. The molecule has 184 valence electrons. The second-order valence-corrected chi connectivity index (χ2v) is 9.18. The van der Waals surface area contributed by atoms with Crippen molar-refractivity contribution in [2.75, 3.05) is 26.8 Å². The van der Waals surface area contributed by atoms with Gasteiger partial charge in [-0.15, -0.1) is 0 Å². The van der Waals surface area contributed by atoms with Gasteiger partial charge in [-0.05, 0) is 65.8 Å². The Hall–Kier alpha value is -3.83. The summed E-state index contributed by atoms with van der Waals surface area (Å²) in [5.41, 5.74) is 6.29. The van der Waals surface area contributed by atoms with Gasteiger partial charge in [-0.25, -0.2) is 4.79 Å². The lowest BCUT2D eigenvalue weighted by Gasteiger charge is -2.29. The summed E-state index contributed by atoms with van der Waals surface area (Å²) in [5, 5.41) is 1.30. The first-order valence-corrected chi connectivity index (χ1v) is 12.6. The van der Waals surface area contributed by atoms with Crippen molar-refractivity contribution < 1.29 is 14.3 Å². The summed E-state index contributed by atoms with van der Waals surface area (Å²) in [6.45, 7) is 2.45. The number of ether oxygens (including phenoxy) is 2. The van der Waals surface area contributed by atoms with Crippen LogP contribution in [0.4, 0.5) is 0 Å². The van der Waals surface area contributed by atoms with Crippen LogP contribution in [0.5, 0.6) is 5.75 Å². The maximum atomic E-state index is 11.5. The van der Waals surface area contributed by atoms with E-state index in [1.807, 2.05) is 36.4 Å². The Morgan fingerprint density at radius 3 is 2.75 bits per heavy atom. The maximum Gasteiger partial charge on any atom is 0.330 e. The predicted molar refractivity (Wildman–Crippen MR) is 144 cm³/mol. The van der Waals surface area contributed by atoms with Crippen LogP contribution in [0.3, 0.4) is 0 Å². The molecule has 1 aliphatic carbocycles. The summed E-state index contributed by atoms with van der Waals surface area (Å²) in [6.07, 6.45) is 8.53. The van der Waals surface area contributed by atoms with Crippen LogP contribution in [-0.2, 0) is 22.4 Å². The number of nitrogens with zero attached hydrogens (tertiary/aromatic N) is 1. The van der Waals surface area contributed by atoms with E-state index in [1.54, 1.807) is 0 Å². The topological polar surface area (TPSA) is 54.6 Å². The molecule has 5 nitrogen and oxygen atoms in total. The molecule has 0 bridgehead atoms. The minimum Gasteiger partial charge on any atom is -0.492 e. The zero-order valence-corrected chi connectivity index (χ0v) is 20.7. The van der Waals surface area contributed by atoms with Crippen LogP contribution in [0.1, 0.15) is 34.7 Å². The molecular formula is C31H32N2O3. The van der Waals surface area contributed by atoms with Crippen molar-refractivity contribution in [3.8, 4) is 5.75 Å². The normalized spacial score (nSPS) is 15.0. The summed E-state index contributed by atoms with van der Waals surface area (Å²) in [4.78, 5) is 17.5. The van der Waals surface area contributed by atoms with Gasteiger partial charge in [0, 0.05) is 42.3 Å². The largest absolute Gasteiger partial charge is 0.492 e. The average Bonchev–Trinajstić information content (AvgIpc) is 3.54. The molecule has 1 unspecified atom stereocenters. The van der Waals surface area contributed by atoms with Gasteiger partial charge < -0.3 is 14.5 Å². The minimum atomic E-state index is -0.338. The number of aromatic amines is 1. The lowest BCUT2D eigenvalue weighted by Crippen LogP contribution is -2.33. The van der Waals surface area contributed by atoms with Crippen LogP contribution >= 0.6 is 0 Å². The third-order valence-corrected chi connectivity index (χ3v) is 7.00. The number of aryl methyl sites for hydroxylation is 1. The van der Waals surface area contributed by atoms with Gasteiger partial charge in [0.15, 0.2) is 0 Å². The van der Waals surface area contributed by atoms with Gasteiger partial charge in [-0.2, -0.15) is 0 Å². The van der Waals surface area contributed by atoms with E-state index in [4.69, 9.17) is 9.47 Å². The highest BCUT2D eigenvalue weighted by Crippen LogP contribution is 2.36. The predicted octanol–water partition coefficient (Wildman–Crippen LogP) is 5.97. The summed E-state index contributed by atoms with van der Waals surface area (Å²) in [5.74, 6) is 0.568. The molecular weight excluding hydrogens is 448 g/mol. The number of fused-ring (bicyclic) bond motifs is 2. The number of hydrogen-bond acceptors (Lipinski definition) is 4. The van der Waals surface area contributed by atoms with Gasteiger partial charge in [-0.1, -0.05) is 54.6 Å². The van der Waals surface area contributed by atoms with Crippen molar-refractivity contribution in [3.63, 3.8) is 0 Å². The lowest BCUT2D eigenvalue weighted by molar-refractivity contribution is -0.134. The van der Waals surface area contributed by atoms with Gasteiger partial charge in [0.1, 0.15) is 12.4 Å². The Balaban J connectivity index is 1.32. The molecule has 1 atom stereocenters. The van der Waals surface area contributed by atoms with Crippen molar-refractivity contribution >= 4 is 22.9 Å². The minimum absolute atomic E-state index is 0.338. The van der Waals surface area contributed by atoms with Gasteiger partial charge in [0.2, 0.25) is 0 Å². The van der Waals surface area contributed by atoms with Gasteiger partial charge >= 0.3 is 5.97 Å². The van der Waals surface area contributed by atoms with Crippen molar-refractivity contribution in [1.29, 1.82) is 0 Å². The Morgan fingerprint density at radius 2 is 1.89 bits per heavy atom. The molecule has 5 heteroatoms. The van der Waals surface area contributed by atoms with Crippen LogP contribution in [0.15, 0.2) is 85.1 Å². The molecule has 0 fully saturated rings. The molecule has 0 saturated carbocycles. The number of nitrogens with one attached hydrogen (secondary N) is 1. The van der Waals surface area contributed by atoms with E-state index in [-0.39, 0.29) is 5.97 Å². The van der Waals surface area contributed by atoms with E-state index in [0.29, 0.717) is 12.6 Å². The number of H-pyrrole nitrogens is 1. The fourth-order valence-electron chi connectivity index (χ4n) is 5.15. The summed E-state index contributed by atoms with van der Waals surface area (Å²) in [6, 6.07) is 25.4. The number of para-hydroxylation sites is 2. The number of esters is 1. The molecule has 5 rings (SSSR count). The van der Waals surface area contributed by atoms with Crippen LogP contribution in [-0.4, -0.2) is 42.7 Å². The number of aromatic nitrogens is 1. The maximum absolute atomic E-state index is 11.5. The molecule has 0 spiro atoms. The summed E-state index contributed by atoms with van der Waals surface area (Å²) in [7, 11) is 1.40. The van der Waals surface area contributed by atoms with E-state index in [1.165, 1.54) is 40.8 Å². The van der Waals surface area contributed by atoms with Gasteiger partial charge in [0.25, 0.3) is 0 Å². The summed E-state index contributed by atoms with van der Waals surface area (Å²) >= 11 is 0. The highest BCUT2D eigenvalue weighted by atomic mass is 16.5. The van der Waals surface area contributed by atoms with Crippen LogP contribution in [0.2, 0.25) is 0 Å². The third kappa shape index (κ3) is 5.52. The van der Waals surface area contributed by atoms with Crippen molar-refractivity contribution in [1.82, 2.24) is 9.88 Å². The zero-order chi connectivity index (χ0) is 24.7. The first kappa shape index (κ1) is 23.9. The van der Waals surface area contributed by atoms with Gasteiger partial charge in [-0.3, -0.25) is 4.90 Å². The quantitative estimate of drug-likeness (QED) is 0.225. The van der Waals surface area contributed by atoms with E-state index in [2.05, 4.69) is 58.5 Å². The highest BCUT2D eigenvalue weighted by Gasteiger charge is 2.28. The second-order valence-electron chi connectivity index (χ2n) is 9.18. The fraction of sp³-hybridized carbons (Fsp3) is 0.258. The number of benzene rings is 3. The lowest BCUT2D eigenvalue weighted by atomic mass is 10.0. The van der Waals surface area contributed by atoms with Crippen molar-refractivity contribution in [2.24, 2.45) is 0 Å². The monoisotopic (exact) mass is 480 g/mol. The van der Waals surface area contributed by atoms with Gasteiger partial charge in [0.05, 0.1) is 7.11 Å². The molecule has 4 aromatic rings. The van der Waals surface area contributed by atoms with Crippen molar-refractivity contribution in [3.05, 3.63) is 107 Å². The molecule has 1 N–H and O–H groups in total. The molecule has 0 saturated heterocycles. The SMILES string of the molecule is COC(=O)C=Cc1ccc2c(c1)CCC2N(CCOc1ccccc1)CCc1c[nH]c2ccccc12. The van der Waals surface area contributed by atoms with Crippen LogP contribution in [0.25, 0.3) is 17.0 Å². The van der Waals surface area contributed by atoms with Crippen molar-refractivity contribution in [2.45, 2.75) is 25.3 Å². The molecule has 0 aliphatic heterocycles. The molecule has 0 amide bonds. The number of methoxy groups -OCH3 is 1. The molecule has 1 aliphatic rings. The number of hydrogen-bond donors (Lipinski definition) is 1. The van der Waals surface area contributed by atoms with E-state index in [9.17, 15) is 4.79 Å². The van der Waals surface area contributed by atoms with Crippen LogP contribution < -0.4 is 4.74 Å². The first-order valence-electron chi connectivity index (χ1n) is 12.6. The van der Waals surface area contributed by atoms with E-state index >= 15 is 0 Å².